The van der Waals surface area contributed by atoms with Gasteiger partial charge in [0.05, 0.1) is 18.8 Å². The van der Waals surface area contributed by atoms with Gasteiger partial charge in [0, 0.05) is 10.0 Å². The molecule has 1 aromatic carbocycles. The van der Waals surface area contributed by atoms with E-state index in [2.05, 4.69) is 34.9 Å². The zero-order chi connectivity index (χ0) is 14.7. The van der Waals surface area contributed by atoms with Crippen molar-refractivity contribution in [3.63, 3.8) is 0 Å². The normalized spacial score (nSPS) is 11.3. The maximum Gasteiger partial charge on any atom is 0.133 e. The quantitative estimate of drug-likeness (QED) is 0.877. The molecule has 0 aliphatic rings. The lowest BCUT2D eigenvalue weighted by Crippen LogP contribution is -2.03. The number of halogens is 2. The Balaban J connectivity index is 2.27. The van der Waals surface area contributed by atoms with Gasteiger partial charge in [0.1, 0.15) is 5.15 Å². The van der Waals surface area contributed by atoms with E-state index in [4.69, 9.17) is 11.6 Å². The zero-order valence-electron chi connectivity index (χ0n) is 11.6. The van der Waals surface area contributed by atoms with Crippen LogP contribution in [-0.2, 0) is 19.6 Å². The second-order valence-corrected chi connectivity index (χ2v) is 6.53. The van der Waals surface area contributed by atoms with Gasteiger partial charge in [-0.3, -0.25) is 0 Å². The SMILES string of the molecule is CC(C)Cc1nn(Cc2ccc(Br)cc2)c(Cl)c1CO. The largest absolute Gasteiger partial charge is 0.391 e. The van der Waals surface area contributed by atoms with Crippen LogP contribution in [0, 0.1) is 5.92 Å². The van der Waals surface area contributed by atoms with E-state index in [1.54, 1.807) is 4.68 Å². The van der Waals surface area contributed by atoms with Gasteiger partial charge in [0.25, 0.3) is 0 Å². The molecular formula is C15H18BrClN2O. The molecule has 0 fully saturated rings. The number of hydrogen-bond donors (Lipinski definition) is 1. The molecule has 0 spiro atoms. The molecule has 0 bridgehead atoms. The third-order valence-corrected chi connectivity index (χ3v) is 4.02. The van der Waals surface area contributed by atoms with Crippen LogP contribution in [0.5, 0.6) is 0 Å². The fourth-order valence-corrected chi connectivity index (χ4v) is 2.63. The third-order valence-electron chi connectivity index (χ3n) is 3.07. The number of nitrogens with zero attached hydrogens (tertiary/aromatic N) is 2. The number of aliphatic hydroxyl groups excluding tert-OH is 1. The Hall–Kier alpha value is -0.840. The van der Waals surface area contributed by atoms with Crippen molar-refractivity contribution in [2.75, 3.05) is 0 Å². The van der Waals surface area contributed by atoms with E-state index in [0.29, 0.717) is 17.6 Å². The molecule has 0 atom stereocenters. The molecule has 0 saturated heterocycles. The Morgan fingerprint density at radius 3 is 2.50 bits per heavy atom. The third kappa shape index (κ3) is 3.62. The van der Waals surface area contributed by atoms with Crippen LogP contribution in [0.4, 0.5) is 0 Å². The molecular weight excluding hydrogens is 340 g/mol. The fraction of sp³-hybridized carbons (Fsp3) is 0.400. The summed E-state index contributed by atoms with van der Waals surface area (Å²) < 4.78 is 2.80. The summed E-state index contributed by atoms with van der Waals surface area (Å²) in [6.07, 6.45) is 0.822. The van der Waals surface area contributed by atoms with Crippen LogP contribution in [0.15, 0.2) is 28.7 Å². The first-order valence-corrected chi connectivity index (χ1v) is 7.77. The van der Waals surface area contributed by atoms with E-state index in [1.807, 2.05) is 24.3 Å². The lowest BCUT2D eigenvalue weighted by atomic mass is 10.1. The summed E-state index contributed by atoms with van der Waals surface area (Å²) in [6, 6.07) is 8.05. The second-order valence-electron chi connectivity index (χ2n) is 5.26. The van der Waals surface area contributed by atoms with E-state index in [-0.39, 0.29) is 6.61 Å². The van der Waals surface area contributed by atoms with Crippen molar-refractivity contribution in [2.45, 2.75) is 33.4 Å². The summed E-state index contributed by atoms with van der Waals surface area (Å²) in [4.78, 5) is 0. The van der Waals surface area contributed by atoms with Crippen molar-refractivity contribution in [1.29, 1.82) is 0 Å². The van der Waals surface area contributed by atoms with Crippen molar-refractivity contribution in [1.82, 2.24) is 9.78 Å². The number of hydrogen-bond acceptors (Lipinski definition) is 2. The summed E-state index contributed by atoms with van der Waals surface area (Å²) in [5.74, 6) is 0.479. The molecule has 0 unspecified atom stereocenters. The van der Waals surface area contributed by atoms with Crippen molar-refractivity contribution in [3.05, 3.63) is 50.7 Å². The van der Waals surface area contributed by atoms with Gasteiger partial charge in [-0.15, -0.1) is 0 Å². The van der Waals surface area contributed by atoms with E-state index in [9.17, 15) is 5.11 Å². The predicted octanol–water partition coefficient (Wildman–Crippen LogP) is 4.04. The van der Waals surface area contributed by atoms with Crippen molar-refractivity contribution < 1.29 is 5.11 Å². The molecule has 0 saturated carbocycles. The summed E-state index contributed by atoms with van der Waals surface area (Å²) in [6.45, 7) is 4.80. The molecule has 1 heterocycles. The molecule has 0 amide bonds. The van der Waals surface area contributed by atoms with Gasteiger partial charge >= 0.3 is 0 Å². The second kappa shape index (κ2) is 6.74. The van der Waals surface area contributed by atoms with Crippen molar-refractivity contribution in [2.24, 2.45) is 5.92 Å². The Labute approximate surface area is 132 Å². The van der Waals surface area contributed by atoms with E-state index >= 15 is 0 Å². The minimum Gasteiger partial charge on any atom is -0.391 e. The lowest BCUT2D eigenvalue weighted by molar-refractivity contribution is 0.280. The Morgan fingerprint density at radius 1 is 1.30 bits per heavy atom. The number of rotatable bonds is 5. The molecule has 0 radical (unpaired) electrons. The van der Waals surface area contributed by atoms with Crippen molar-refractivity contribution in [3.8, 4) is 0 Å². The first kappa shape index (κ1) is 15.5. The van der Waals surface area contributed by atoms with Crippen LogP contribution in [-0.4, -0.2) is 14.9 Å². The maximum absolute atomic E-state index is 9.48. The average molecular weight is 358 g/mol. The zero-order valence-corrected chi connectivity index (χ0v) is 13.9. The topological polar surface area (TPSA) is 38.0 Å². The Morgan fingerprint density at radius 2 is 1.95 bits per heavy atom. The predicted molar refractivity (Wildman–Crippen MR) is 84.9 cm³/mol. The molecule has 2 aromatic rings. The van der Waals surface area contributed by atoms with Crippen LogP contribution in [0.25, 0.3) is 0 Å². The molecule has 0 aliphatic heterocycles. The summed E-state index contributed by atoms with van der Waals surface area (Å²) in [7, 11) is 0. The van der Waals surface area contributed by atoms with Crippen LogP contribution in [0.1, 0.15) is 30.7 Å². The smallest absolute Gasteiger partial charge is 0.133 e. The number of aromatic nitrogens is 2. The fourth-order valence-electron chi connectivity index (χ4n) is 2.10. The highest BCUT2D eigenvalue weighted by molar-refractivity contribution is 9.10. The Kier molecular flexibility index (Phi) is 5.24. The molecule has 5 heteroatoms. The van der Waals surface area contributed by atoms with E-state index < -0.39 is 0 Å². The van der Waals surface area contributed by atoms with Crippen LogP contribution in [0.2, 0.25) is 5.15 Å². The van der Waals surface area contributed by atoms with Crippen LogP contribution >= 0.6 is 27.5 Å². The maximum atomic E-state index is 9.48. The highest BCUT2D eigenvalue weighted by atomic mass is 79.9. The highest BCUT2D eigenvalue weighted by Crippen LogP contribution is 2.23. The summed E-state index contributed by atoms with van der Waals surface area (Å²) in [5, 5.41) is 14.6. The lowest BCUT2D eigenvalue weighted by Gasteiger charge is -2.04. The number of aliphatic hydroxyl groups is 1. The molecule has 0 aliphatic carbocycles. The van der Waals surface area contributed by atoms with Gasteiger partial charge in [-0.05, 0) is 30.0 Å². The first-order chi connectivity index (χ1) is 9.51. The van der Waals surface area contributed by atoms with Gasteiger partial charge in [-0.25, -0.2) is 4.68 Å². The van der Waals surface area contributed by atoms with Gasteiger partial charge in [-0.2, -0.15) is 5.10 Å². The van der Waals surface area contributed by atoms with Gasteiger partial charge < -0.3 is 5.11 Å². The standard InChI is InChI=1S/C15H18BrClN2O/c1-10(2)7-14-13(9-20)15(17)19(18-14)8-11-3-5-12(16)6-4-11/h3-6,10,20H,7-9H2,1-2H3. The Bertz CT molecular complexity index is 578. The number of benzene rings is 1. The van der Waals surface area contributed by atoms with Crippen LogP contribution < -0.4 is 0 Å². The van der Waals surface area contributed by atoms with Crippen LogP contribution in [0.3, 0.4) is 0 Å². The average Bonchev–Trinajstić information content (AvgIpc) is 2.67. The molecule has 20 heavy (non-hydrogen) atoms. The summed E-state index contributed by atoms with van der Waals surface area (Å²) in [5.41, 5.74) is 2.76. The monoisotopic (exact) mass is 356 g/mol. The first-order valence-electron chi connectivity index (χ1n) is 6.60. The highest BCUT2D eigenvalue weighted by Gasteiger charge is 2.16. The molecule has 108 valence electrons. The molecule has 1 N–H and O–H groups in total. The minimum absolute atomic E-state index is 0.0682. The molecule has 2 rings (SSSR count). The van der Waals surface area contributed by atoms with Gasteiger partial charge in [0.2, 0.25) is 0 Å². The van der Waals surface area contributed by atoms with Crippen molar-refractivity contribution >= 4 is 27.5 Å². The van der Waals surface area contributed by atoms with Gasteiger partial charge in [-0.1, -0.05) is 53.5 Å². The summed E-state index contributed by atoms with van der Waals surface area (Å²) >= 11 is 9.74. The van der Waals surface area contributed by atoms with Gasteiger partial charge in [0.15, 0.2) is 0 Å². The molecule has 1 aromatic heterocycles. The van der Waals surface area contributed by atoms with E-state index in [0.717, 1.165) is 27.7 Å². The minimum atomic E-state index is -0.0682. The van der Waals surface area contributed by atoms with E-state index in [1.165, 1.54) is 0 Å². The molecule has 3 nitrogen and oxygen atoms in total.